The van der Waals surface area contributed by atoms with Gasteiger partial charge in [0.15, 0.2) is 0 Å². The van der Waals surface area contributed by atoms with Crippen molar-refractivity contribution in [2.75, 3.05) is 26.0 Å². The summed E-state index contributed by atoms with van der Waals surface area (Å²) in [6, 6.07) is 3.61. The maximum Gasteiger partial charge on any atom is 0.255 e. The molecule has 1 aromatic rings. The van der Waals surface area contributed by atoms with Gasteiger partial charge in [-0.25, -0.2) is 4.98 Å². The molecule has 0 saturated carbocycles. The Labute approximate surface area is 103 Å². The van der Waals surface area contributed by atoms with Crippen LogP contribution in [0.1, 0.15) is 30.6 Å². The fraction of sp³-hybridized carbons (Fsp3) is 0.538. The lowest BCUT2D eigenvalue weighted by atomic mass is 10.1. The first-order valence-corrected chi connectivity index (χ1v) is 5.97. The van der Waals surface area contributed by atoms with Crippen LogP contribution in [0.15, 0.2) is 18.3 Å². The third-order valence-electron chi connectivity index (χ3n) is 2.90. The number of aromatic nitrogens is 1. The molecule has 0 aromatic carbocycles. The second-order valence-electron chi connectivity index (χ2n) is 4.38. The van der Waals surface area contributed by atoms with Crippen LogP contribution < -0.4 is 5.32 Å². The second-order valence-corrected chi connectivity index (χ2v) is 4.38. The van der Waals surface area contributed by atoms with Gasteiger partial charge in [0.25, 0.3) is 5.91 Å². The molecule has 1 N–H and O–H groups in total. The predicted molar refractivity (Wildman–Crippen MR) is 70.2 cm³/mol. The minimum absolute atomic E-state index is 0.0282. The van der Waals surface area contributed by atoms with Gasteiger partial charge in [-0.1, -0.05) is 20.3 Å². The van der Waals surface area contributed by atoms with Crippen molar-refractivity contribution in [3.05, 3.63) is 23.9 Å². The van der Waals surface area contributed by atoms with Crippen LogP contribution in [0.25, 0.3) is 0 Å². The summed E-state index contributed by atoms with van der Waals surface area (Å²) in [5.41, 5.74) is 0.634. The van der Waals surface area contributed by atoms with E-state index in [9.17, 15) is 4.79 Å². The summed E-state index contributed by atoms with van der Waals surface area (Å²) < 4.78 is 0. The van der Waals surface area contributed by atoms with Crippen molar-refractivity contribution < 1.29 is 4.79 Å². The van der Waals surface area contributed by atoms with E-state index in [-0.39, 0.29) is 5.91 Å². The summed E-state index contributed by atoms with van der Waals surface area (Å²) in [5, 5.41) is 2.93. The highest BCUT2D eigenvalue weighted by molar-refractivity contribution is 5.93. The van der Waals surface area contributed by atoms with Crippen LogP contribution in [-0.4, -0.2) is 36.4 Å². The first kappa shape index (κ1) is 13.5. The van der Waals surface area contributed by atoms with Gasteiger partial charge in [-0.15, -0.1) is 0 Å². The molecule has 1 unspecified atom stereocenters. The quantitative estimate of drug-likeness (QED) is 0.851. The lowest BCUT2D eigenvalue weighted by molar-refractivity contribution is 0.0774. The average Bonchev–Trinajstić information content (AvgIpc) is 2.37. The average molecular weight is 235 g/mol. The van der Waals surface area contributed by atoms with Gasteiger partial charge in [0.1, 0.15) is 5.82 Å². The molecule has 0 aliphatic carbocycles. The third-order valence-corrected chi connectivity index (χ3v) is 2.90. The first-order valence-electron chi connectivity index (χ1n) is 5.97. The van der Waals surface area contributed by atoms with E-state index in [1.54, 1.807) is 24.2 Å². The SMILES string of the molecule is CCC(C)CN(C)C(=O)c1ccc(NC)nc1. The number of carbonyl (C=O) groups is 1. The Kier molecular flexibility index (Phi) is 4.94. The lowest BCUT2D eigenvalue weighted by Gasteiger charge is -2.20. The number of pyridine rings is 1. The number of rotatable bonds is 5. The van der Waals surface area contributed by atoms with Crippen molar-refractivity contribution in [2.45, 2.75) is 20.3 Å². The molecule has 0 aliphatic heterocycles. The first-order chi connectivity index (χ1) is 8.08. The van der Waals surface area contributed by atoms with Crippen molar-refractivity contribution in [1.29, 1.82) is 0 Å². The largest absolute Gasteiger partial charge is 0.373 e. The summed E-state index contributed by atoms with van der Waals surface area (Å²) >= 11 is 0. The summed E-state index contributed by atoms with van der Waals surface area (Å²) in [4.78, 5) is 18.0. The van der Waals surface area contributed by atoms with Crippen LogP contribution in [0.3, 0.4) is 0 Å². The van der Waals surface area contributed by atoms with Crippen molar-refractivity contribution >= 4 is 11.7 Å². The summed E-state index contributed by atoms with van der Waals surface area (Å²) in [6.07, 6.45) is 2.69. The van der Waals surface area contributed by atoms with Crippen LogP contribution >= 0.6 is 0 Å². The molecule has 1 atom stereocenters. The normalized spacial score (nSPS) is 12.0. The van der Waals surface area contributed by atoms with E-state index in [2.05, 4.69) is 24.1 Å². The lowest BCUT2D eigenvalue weighted by Crippen LogP contribution is -2.30. The molecule has 0 fully saturated rings. The fourth-order valence-electron chi connectivity index (χ4n) is 1.57. The monoisotopic (exact) mass is 235 g/mol. The Hall–Kier alpha value is -1.58. The van der Waals surface area contributed by atoms with Crippen LogP contribution in [-0.2, 0) is 0 Å². The molecular formula is C13H21N3O. The molecular weight excluding hydrogens is 214 g/mol. The Morgan fingerprint density at radius 1 is 1.53 bits per heavy atom. The van der Waals surface area contributed by atoms with Gasteiger partial charge in [-0.3, -0.25) is 4.79 Å². The van der Waals surface area contributed by atoms with Crippen molar-refractivity contribution in [3.8, 4) is 0 Å². The van der Waals surface area contributed by atoms with Crippen molar-refractivity contribution in [2.24, 2.45) is 5.92 Å². The van der Waals surface area contributed by atoms with Crippen molar-refractivity contribution in [3.63, 3.8) is 0 Å². The molecule has 1 aromatic heterocycles. The highest BCUT2D eigenvalue weighted by atomic mass is 16.2. The van der Waals surface area contributed by atoms with Gasteiger partial charge in [0, 0.05) is 26.8 Å². The van der Waals surface area contributed by atoms with Crippen LogP contribution in [0, 0.1) is 5.92 Å². The minimum atomic E-state index is 0.0282. The number of amides is 1. The van der Waals surface area contributed by atoms with E-state index in [1.807, 2.05) is 13.1 Å². The van der Waals surface area contributed by atoms with Gasteiger partial charge in [0.2, 0.25) is 0 Å². The highest BCUT2D eigenvalue weighted by Gasteiger charge is 2.13. The molecule has 1 amide bonds. The number of nitrogens with one attached hydrogen (secondary N) is 1. The second kappa shape index (κ2) is 6.23. The highest BCUT2D eigenvalue weighted by Crippen LogP contribution is 2.09. The number of hydrogen-bond acceptors (Lipinski definition) is 3. The summed E-state index contributed by atoms with van der Waals surface area (Å²) in [5.74, 6) is 1.32. The minimum Gasteiger partial charge on any atom is -0.373 e. The maximum atomic E-state index is 12.1. The molecule has 4 nitrogen and oxygen atoms in total. The van der Waals surface area contributed by atoms with Gasteiger partial charge in [0.05, 0.1) is 5.56 Å². The standard InChI is InChI=1S/C13H21N3O/c1-5-10(2)9-16(4)13(17)11-6-7-12(14-3)15-8-11/h6-8,10H,5,9H2,1-4H3,(H,14,15). The Morgan fingerprint density at radius 3 is 2.71 bits per heavy atom. The van der Waals surface area contributed by atoms with Crippen LogP contribution in [0.4, 0.5) is 5.82 Å². The summed E-state index contributed by atoms with van der Waals surface area (Å²) in [7, 11) is 3.64. The molecule has 94 valence electrons. The number of hydrogen-bond donors (Lipinski definition) is 1. The van der Waals surface area contributed by atoms with Crippen LogP contribution in [0.5, 0.6) is 0 Å². The number of carbonyl (C=O) groups excluding carboxylic acids is 1. The number of nitrogens with zero attached hydrogens (tertiary/aromatic N) is 2. The van der Waals surface area contributed by atoms with E-state index >= 15 is 0 Å². The third kappa shape index (κ3) is 3.73. The topological polar surface area (TPSA) is 45.2 Å². The van der Waals surface area contributed by atoms with Gasteiger partial charge in [-0.05, 0) is 18.1 Å². The molecule has 0 spiro atoms. The van der Waals surface area contributed by atoms with E-state index in [1.165, 1.54) is 0 Å². The Balaban J connectivity index is 2.67. The van der Waals surface area contributed by atoms with Gasteiger partial charge in [-0.2, -0.15) is 0 Å². The van der Waals surface area contributed by atoms with Gasteiger partial charge < -0.3 is 10.2 Å². The molecule has 1 heterocycles. The van der Waals surface area contributed by atoms with E-state index in [0.717, 1.165) is 18.8 Å². The fourth-order valence-corrected chi connectivity index (χ4v) is 1.57. The van der Waals surface area contributed by atoms with E-state index in [0.29, 0.717) is 11.5 Å². The smallest absolute Gasteiger partial charge is 0.255 e. The molecule has 1 rings (SSSR count). The molecule has 0 bridgehead atoms. The zero-order valence-electron chi connectivity index (χ0n) is 11.0. The molecule has 0 saturated heterocycles. The van der Waals surface area contributed by atoms with E-state index in [4.69, 9.17) is 0 Å². The molecule has 0 radical (unpaired) electrons. The van der Waals surface area contributed by atoms with Crippen molar-refractivity contribution in [1.82, 2.24) is 9.88 Å². The van der Waals surface area contributed by atoms with Gasteiger partial charge >= 0.3 is 0 Å². The summed E-state index contributed by atoms with van der Waals surface area (Å²) in [6.45, 7) is 5.06. The molecule has 0 aliphatic rings. The van der Waals surface area contributed by atoms with Crippen LogP contribution in [0.2, 0.25) is 0 Å². The van der Waals surface area contributed by atoms with E-state index < -0.39 is 0 Å². The molecule has 4 heteroatoms. The Bertz CT molecular complexity index is 361. The predicted octanol–water partition coefficient (Wildman–Crippen LogP) is 2.24. The Morgan fingerprint density at radius 2 is 2.24 bits per heavy atom. The molecule has 17 heavy (non-hydrogen) atoms. The number of anilines is 1. The zero-order valence-corrected chi connectivity index (χ0v) is 11.0. The zero-order chi connectivity index (χ0) is 12.8. The maximum absolute atomic E-state index is 12.1.